The zero-order chi connectivity index (χ0) is 26.0. The Morgan fingerprint density at radius 2 is 1.60 bits per heavy atom. The highest BCUT2D eigenvalue weighted by Crippen LogP contribution is 2.23. The van der Waals surface area contributed by atoms with Crippen molar-refractivity contribution in [1.82, 2.24) is 10.2 Å². The van der Waals surface area contributed by atoms with E-state index in [4.69, 9.17) is 9.47 Å². The standard InChI is InChI=1S/C25H35N3O6S/c1-6-16-26-25(30)19(3)27(17-20-8-12-22(33-4)13-9-20)24(29)18-28(35(5,31)32)21-10-14-23(15-11-21)34-7-2/h8-15,19H,6-7,16-18H2,1-5H3,(H,26,30)/t19-/m0/s1. The van der Waals surface area contributed by atoms with Crippen molar-refractivity contribution in [2.45, 2.75) is 39.8 Å². The van der Waals surface area contributed by atoms with Crippen LogP contribution in [-0.4, -0.2) is 64.2 Å². The van der Waals surface area contributed by atoms with Crippen molar-refractivity contribution in [2.24, 2.45) is 0 Å². The number of sulfonamides is 1. The maximum absolute atomic E-state index is 13.5. The van der Waals surface area contributed by atoms with E-state index in [-0.39, 0.29) is 12.5 Å². The minimum atomic E-state index is -3.79. The summed E-state index contributed by atoms with van der Waals surface area (Å²) in [4.78, 5) is 27.6. The number of amides is 2. The Balaban J connectivity index is 2.34. The van der Waals surface area contributed by atoms with Gasteiger partial charge in [0.15, 0.2) is 0 Å². The average Bonchev–Trinajstić information content (AvgIpc) is 2.84. The molecule has 0 fully saturated rings. The largest absolute Gasteiger partial charge is 0.497 e. The molecule has 192 valence electrons. The third kappa shape index (κ3) is 8.17. The molecule has 2 aromatic carbocycles. The molecule has 35 heavy (non-hydrogen) atoms. The Morgan fingerprint density at radius 1 is 1.00 bits per heavy atom. The van der Waals surface area contributed by atoms with Crippen LogP contribution in [0.1, 0.15) is 32.8 Å². The van der Waals surface area contributed by atoms with Gasteiger partial charge in [0, 0.05) is 13.1 Å². The lowest BCUT2D eigenvalue weighted by Gasteiger charge is -2.31. The number of methoxy groups -OCH3 is 1. The molecule has 9 nitrogen and oxygen atoms in total. The minimum Gasteiger partial charge on any atom is -0.497 e. The van der Waals surface area contributed by atoms with Gasteiger partial charge in [-0.2, -0.15) is 0 Å². The van der Waals surface area contributed by atoms with Gasteiger partial charge in [-0.25, -0.2) is 8.42 Å². The van der Waals surface area contributed by atoms with Crippen molar-refractivity contribution in [2.75, 3.05) is 37.4 Å². The molecule has 0 aliphatic rings. The minimum absolute atomic E-state index is 0.129. The molecule has 2 rings (SSSR count). The van der Waals surface area contributed by atoms with E-state index in [1.165, 1.54) is 4.90 Å². The molecule has 0 saturated heterocycles. The Kier molecular flexibility index (Phi) is 10.4. The normalized spacial score (nSPS) is 11.9. The number of benzene rings is 2. The number of carbonyl (C=O) groups excluding carboxylic acids is 2. The lowest BCUT2D eigenvalue weighted by Crippen LogP contribution is -2.51. The van der Waals surface area contributed by atoms with Gasteiger partial charge in [-0.3, -0.25) is 13.9 Å². The van der Waals surface area contributed by atoms with Gasteiger partial charge in [0.2, 0.25) is 21.8 Å². The topological polar surface area (TPSA) is 105 Å². The third-order valence-electron chi connectivity index (χ3n) is 5.34. The molecule has 1 N–H and O–H groups in total. The first kappa shape index (κ1) is 28.0. The quantitative estimate of drug-likeness (QED) is 0.449. The summed E-state index contributed by atoms with van der Waals surface area (Å²) in [6.07, 6.45) is 1.80. The van der Waals surface area contributed by atoms with E-state index in [0.717, 1.165) is 22.5 Å². The van der Waals surface area contributed by atoms with Crippen LogP contribution < -0.4 is 19.1 Å². The molecule has 0 aromatic heterocycles. The van der Waals surface area contributed by atoms with E-state index in [1.807, 2.05) is 13.8 Å². The number of anilines is 1. The van der Waals surface area contributed by atoms with Gasteiger partial charge >= 0.3 is 0 Å². The molecule has 1 atom stereocenters. The maximum Gasteiger partial charge on any atom is 0.244 e. The molecule has 0 radical (unpaired) electrons. The van der Waals surface area contributed by atoms with Gasteiger partial charge in [0.25, 0.3) is 0 Å². The van der Waals surface area contributed by atoms with Gasteiger partial charge in [-0.1, -0.05) is 19.1 Å². The van der Waals surface area contributed by atoms with Crippen molar-refractivity contribution in [1.29, 1.82) is 0 Å². The predicted molar refractivity (Wildman–Crippen MR) is 136 cm³/mol. The highest BCUT2D eigenvalue weighted by Gasteiger charge is 2.30. The molecule has 0 unspecified atom stereocenters. The molecular formula is C25H35N3O6S. The first-order valence-corrected chi connectivity index (χ1v) is 13.4. The number of ether oxygens (including phenoxy) is 2. The van der Waals surface area contributed by atoms with Crippen LogP contribution in [0.3, 0.4) is 0 Å². The Labute approximate surface area is 208 Å². The molecular weight excluding hydrogens is 470 g/mol. The van der Waals surface area contributed by atoms with Crippen LogP contribution in [-0.2, 0) is 26.2 Å². The lowest BCUT2D eigenvalue weighted by molar-refractivity contribution is -0.139. The summed E-state index contributed by atoms with van der Waals surface area (Å²) in [6, 6.07) is 12.8. The Bertz CT molecular complexity index is 1070. The molecule has 0 spiro atoms. The number of hydrogen-bond acceptors (Lipinski definition) is 6. The highest BCUT2D eigenvalue weighted by molar-refractivity contribution is 7.92. The summed E-state index contributed by atoms with van der Waals surface area (Å²) in [6.45, 7) is 6.06. The van der Waals surface area contributed by atoms with E-state index in [2.05, 4.69) is 5.32 Å². The van der Waals surface area contributed by atoms with Gasteiger partial charge in [0.1, 0.15) is 24.1 Å². The van der Waals surface area contributed by atoms with Crippen LogP contribution >= 0.6 is 0 Å². The summed E-state index contributed by atoms with van der Waals surface area (Å²) in [5, 5.41) is 2.81. The zero-order valence-electron chi connectivity index (χ0n) is 21.0. The number of rotatable bonds is 13. The zero-order valence-corrected chi connectivity index (χ0v) is 21.8. The van der Waals surface area contributed by atoms with Crippen molar-refractivity contribution in [3.05, 3.63) is 54.1 Å². The van der Waals surface area contributed by atoms with Gasteiger partial charge < -0.3 is 19.7 Å². The number of carbonyl (C=O) groups is 2. The Morgan fingerprint density at radius 3 is 2.11 bits per heavy atom. The van der Waals surface area contributed by atoms with E-state index >= 15 is 0 Å². The van der Waals surface area contributed by atoms with Crippen LogP contribution in [0, 0.1) is 0 Å². The second-order valence-corrected chi connectivity index (χ2v) is 9.94. The molecule has 0 saturated carbocycles. The molecule has 0 heterocycles. The summed E-state index contributed by atoms with van der Waals surface area (Å²) in [5.74, 6) is 0.456. The molecule has 0 aliphatic heterocycles. The first-order chi connectivity index (χ1) is 16.6. The van der Waals surface area contributed by atoms with Gasteiger partial charge in [0.05, 0.1) is 25.7 Å². The SMILES string of the molecule is CCCNC(=O)[C@H](C)N(Cc1ccc(OC)cc1)C(=O)CN(c1ccc(OCC)cc1)S(C)(=O)=O. The molecule has 0 bridgehead atoms. The number of nitrogens with zero attached hydrogens (tertiary/aromatic N) is 2. The van der Waals surface area contributed by atoms with Gasteiger partial charge in [-0.15, -0.1) is 0 Å². The van der Waals surface area contributed by atoms with Crippen molar-refractivity contribution in [3.8, 4) is 11.5 Å². The van der Waals surface area contributed by atoms with Crippen LogP contribution in [0.4, 0.5) is 5.69 Å². The third-order valence-corrected chi connectivity index (χ3v) is 6.48. The lowest BCUT2D eigenvalue weighted by atomic mass is 10.1. The summed E-state index contributed by atoms with van der Waals surface area (Å²) >= 11 is 0. The molecule has 10 heteroatoms. The monoisotopic (exact) mass is 505 g/mol. The van der Waals surface area contributed by atoms with Crippen LogP contribution in [0.5, 0.6) is 11.5 Å². The van der Waals surface area contributed by atoms with Crippen LogP contribution in [0.25, 0.3) is 0 Å². The van der Waals surface area contributed by atoms with E-state index in [9.17, 15) is 18.0 Å². The average molecular weight is 506 g/mol. The fourth-order valence-corrected chi connectivity index (χ4v) is 4.24. The fourth-order valence-electron chi connectivity index (χ4n) is 3.40. The Hall–Kier alpha value is -3.27. The van der Waals surface area contributed by atoms with Crippen LogP contribution in [0.2, 0.25) is 0 Å². The maximum atomic E-state index is 13.5. The van der Waals surface area contributed by atoms with Crippen LogP contribution in [0.15, 0.2) is 48.5 Å². The fraction of sp³-hybridized carbons (Fsp3) is 0.440. The van der Waals surface area contributed by atoms with Gasteiger partial charge in [-0.05, 0) is 62.2 Å². The highest BCUT2D eigenvalue weighted by atomic mass is 32.2. The van der Waals surface area contributed by atoms with Crippen molar-refractivity contribution < 1.29 is 27.5 Å². The molecule has 2 amide bonds. The smallest absolute Gasteiger partial charge is 0.244 e. The number of hydrogen-bond donors (Lipinski definition) is 1. The van der Waals surface area contributed by atoms with Crippen molar-refractivity contribution in [3.63, 3.8) is 0 Å². The summed E-state index contributed by atoms with van der Waals surface area (Å²) in [5.41, 5.74) is 1.11. The van der Waals surface area contributed by atoms with E-state index in [1.54, 1.807) is 62.6 Å². The molecule has 0 aliphatic carbocycles. The van der Waals surface area contributed by atoms with E-state index < -0.39 is 28.5 Å². The molecule has 2 aromatic rings. The second-order valence-electron chi connectivity index (χ2n) is 8.03. The first-order valence-electron chi connectivity index (χ1n) is 11.5. The summed E-state index contributed by atoms with van der Waals surface area (Å²) < 4.78 is 36.9. The van der Waals surface area contributed by atoms with Crippen molar-refractivity contribution >= 4 is 27.5 Å². The summed E-state index contributed by atoms with van der Waals surface area (Å²) in [7, 11) is -2.22. The predicted octanol–water partition coefficient (Wildman–Crippen LogP) is 2.80. The number of nitrogens with one attached hydrogen (secondary N) is 1. The second kappa shape index (κ2) is 13.0. The van der Waals surface area contributed by atoms with E-state index in [0.29, 0.717) is 30.3 Å².